The van der Waals surface area contributed by atoms with Crippen molar-refractivity contribution in [1.82, 2.24) is 10.2 Å². The molecule has 0 spiro atoms. The molecule has 28 heavy (non-hydrogen) atoms. The van der Waals surface area contributed by atoms with Crippen molar-refractivity contribution in [2.45, 2.75) is 56.8 Å². The molecule has 2 saturated heterocycles. The summed E-state index contributed by atoms with van der Waals surface area (Å²) >= 11 is 5.56. The van der Waals surface area contributed by atoms with E-state index in [1.54, 1.807) is 7.11 Å². The Morgan fingerprint density at radius 3 is 2.43 bits per heavy atom. The summed E-state index contributed by atoms with van der Waals surface area (Å²) in [7, 11) is 1.76. The minimum Gasteiger partial charge on any atom is -0.496 e. The Kier molecular flexibility index (Phi) is 6.13. The van der Waals surface area contributed by atoms with Crippen molar-refractivity contribution in [3.8, 4) is 5.75 Å². The normalized spacial score (nSPS) is 24.4. The maximum absolute atomic E-state index is 5.57. The monoisotopic (exact) mass is 395 g/mol. The van der Waals surface area contributed by atoms with Crippen LogP contribution in [-0.4, -0.2) is 35.2 Å². The fraction of sp³-hybridized carbons (Fsp3) is 0.435. The lowest BCUT2D eigenvalue weighted by atomic mass is 9.81. The van der Waals surface area contributed by atoms with Gasteiger partial charge in [-0.05, 0) is 56.1 Å². The Morgan fingerprint density at radius 1 is 1.04 bits per heavy atom. The minimum absolute atomic E-state index is 0.438. The van der Waals surface area contributed by atoms with Crippen molar-refractivity contribution in [3.05, 3.63) is 60.2 Å². The van der Waals surface area contributed by atoms with E-state index in [1.165, 1.54) is 24.8 Å². The molecule has 4 nitrogen and oxygen atoms in total. The molecule has 0 aromatic heterocycles. The van der Waals surface area contributed by atoms with E-state index in [4.69, 9.17) is 17.0 Å². The maximum Gasteiger partial charge on any atom is 0.170 e. The molecule has 5 heteroatoms. The third-order valence-electron chi connectivity index (χ3n) is 6.04. The van der Waals surface area contributed by atoms with Crippen molar-refractivity contribution in [2.75, 3.05) is 12.4 Å². The number of fused-ring (bicyclic) bond motifs is 2. The van der Waals surface area contributed by atoms with Gasteiger partial charge >= 0.3 is 0 Å². The van der Waals surface area contributed by atoms with Crippen LogP contribution in [0.3, 0.4) is 0 Å². The van der Waals surface area contributed by atoms with Crippen molar-refractivity contribution >= 4 is 23.0 Å². The molecular weight excluding hydrogens is 366 g/mol. The van der Waals surface area contributed by atoms with Crippen molar-refractivity contribution in [3.63, 3.8) is 0 Å². The predicted octanol–water partition coefficient (Wildman–Crippen LogP) is 4.57. The van der Waals surface area contributed by atoms with E-state index in [1.807, 2.05) is 36.4 Å². The van der Waals surface area contributed by atoms with E-state index in [2.05, 4.69) is 33.7 Å². The van der Waals surface area contributed by atoms with E-state index < -0.39 is 0 Å². The molecule has 0 saturated carbocycles. The van der Waals surface area contributed by atoms with Crippen molar-refractivity contribution in [1.29, 1.82) is 0 Å². The molecule has 4 rings (SSSR count). The molecule has 0 radical (unpaired) electrons. The van der Waals surface area contributed by atoms with E-state index in [0.29, 0.717) is 18.1 Å². The molecule has 2 aliphatic rings. The van der Waals surface area contributed by atoms with Gasteiger partial charge in [-0.15, -0.1) is 0 Å². The van der Waals surface area contributed by atoms with Crippen LogP contribution in [0.2, 0.25) is 0 Å². The zero-order valence-corrected chi connectivity index (χ0v) is 17.3. The Hall–Kier alpha value is -2.11. The number of para-hydroxylation sites is 2. The van der Waals surface area contributed by atoms with Crippen LogP contribution in [0, 0.1) is 0 Å². The van der Waals surface area contributed by atoms with Crippen molar-refractivity contribution < 1.29 is 4.74 Å². The van der Waals surface area contributed by atoms with Crippen LogP contribution in [0.5, 0.6) is 5.75 Å². The molecule has 2 aliphatic heterocycles. The zero-order chi connectivity index (χ0) is 19.3. The first kappa shape index (κ1) is 19.2. The summed E-state index contributed by atoms with van der Waals surface area (Å²) in [5.74, 6) is 0.995. The fourth-order valence-electron chi connectivity index (χ4n) is 4.76. The highest BCUT2D eigenvalue weighted by Gasteiger charge is 2.38. The van der Waals surface area contributed by atoms with Gasteiger partial charge in [0.2, 0.25) is 0 Å². The Balaban J connectivity index is 1.38. The van der Waals surface area contributed by atoms with Crippen LogP contribution in [-0.2, 0) is 6.54 Å². The molecule has 2 aromatic carbocycles. The second-order valence-electron chi connectivity index (χ2n) is 7.86. The Morgan fingerprint density at radius 2 is 1.71 bits per heavy atom. The molecule has 0 amide bonds. The molecule has 2 unspecified atom stereocenters. The molecule has 2 heterocycles. The number of nitrogens with one attached hydrogen (secondary N) is 2. The van der Waals surface area contributed by atoms with Gasteiger partial charge in [0.15, 0.2) is 5.11 Å². The van der Waals surface area contributed by atoms with Crippen LogP contribution < -0.4 is 15.4 Å². The molecule has 2 atom stereocenters. The number of piperidine rings is 2. The molecular formula is C23H29N3OS. The first-order chi connectivity index (χ1) is 13.7. The fourth-order valence-corrected chi connectivity index (χ4v) is 5.04. The maximum atomic E-state index is 5.57. The second kappa shape index (κ2) is 8.93. The lowest BCUT2D eigenvalue weighted by Crippen LogP contribution is -2.56. The van der Waals surface area contributed by atoms with Crippen LogP contribution in [0.1, 0.15) is 37.7 Å². The number of anilines is 1. The van der Waals surface area contributed by atoms with Crippen LogP contribution >= 0.6 is 12.2 Å². The van der Waals surface area contributed by atoms with E-state index in [-0.39, 0.29) is 0 Å². The summed E-state index contributed by atoms with van der Waals surface area (Å²) in [6.07, 6.45) is 6.15. The third-order valence-corrected chi connectivity index (χ3v) is 6.26. The van der Waals surface area contributed by atoms with E-state index >= 15 is 0 Å². The van der Waals surface area contributed by atoms with Gasteiger partial charge in [-0.2, -0.15) is 0 Å². The van der Waals surface area contributed by atoms with Gasteiger partial charge in [0.1, 0.15) is 5.75 Å². The molecule has 2 aromatic rings. The number of thiocarbonyl (C=S) groups is 1. The summed E-state index contributed by atoms with van der Waals surface area (Å²) in [6.45, 7) is 0.971. The predicted molar refractivity (Wildman–Crippen MR) is 119 cm³/mol. The average molecular weight is 396 g/mol. The summed E-state index contributed by atoms with van der Waals surface area (Å²) in [4.78, 5) is 2.70. The van der Waals surface area contributed by atoms with Crippen LogP contribution in [0.15, 0.2) is 54.6 Å². The molecule has 0 aliphatic carbocycles. The van der Waals surface area contributed by atoms with Gasteiger partial charge in [-0.25, -0.2) is 0 Å². The van der Waals surface area contributed by atoms with Gasteiger partial charge in [0.05, 0.1) is 7.11 Å². The number of hydrogen-bond acceptors (Lipinski definition) is 3. The number of methoxy groups -OCH3 is 1. The number of benzene rings is 2. The zero-order valence-electron chi connectivity index (χ0n) is 16.4. The quantitative estimate of drug-likeness (QED) is 0.726. The second-order valence-corrected chi connectivity index (χ2v) is 8.26. The Bertz CT molecular complexity index is 783. The highest BCUT2D eigenvalue weighted by atomic mass is 32.1. The summed E-state index contributed by atoms with van der Waals surface area (Å²) < 4.78 is 5.57. The first-order valence-electron chi connectivity index (χ1n) is 10.2. The standard InChI is InChI=1S/C23H29N3OS/c1-27-22-13-6-5-8-17(22)16-26-20-11-7-12-21(26)15-19(14-20)25-23(28)24-18-9-3-2-4-10-18/h2-6,8-10,13,19-21H,7,11-12,14-16H2,1H3,(H2,24,25,28). The molecule has 2 fully saturated rings. The van der Waals surface area contributed by atoms with Gasteiger partial charge in [0, 0.05) is 35.9 Å². The SMILES string of the molecule is COc1ccccc1CN1C2CCCC1CC(NC(=S)Nc1ccccc1)C2. The van der Waals surface area contributed by atoms with Gasteiger partial charge < -0.3 is 15.4 Å². The van der Waals surface area contributed by atoms with Gasteiger partial charge in [0.25, 0.3) is 0 Å². The highest BCUT2D eigenvalue weighted by Crippen LogP contribution is 2.36. The van der Waals surface area contributed by atoms with Crippen LogP contribution in [0.25, 0.3) is 0 Å². The number of hydrogen-bond donors (Lipinski definition) is 2. The minimum atomic E-state index is 0.438. The summed E-state index contributed by atoms with van der Waals surface area (Å²) in [6, 6.07) is 20.2. The van der Waals surface area contributed by atoms with E-state index in [0.717, 1.165) is 35.9 Å². The van der Waals surface area contributed by atoms with Crippen LogP contribution in [0.4, 0.5) is 5.69 Å². The van der Waals surface area contributed by atoms with Crippen molar-refractivity contribution in [2.24, 2.45) is 0 Å². The first-order valence-corrected chi connectivity index (χ1v) is 10.6. The largest absolute Gasteiger partial charge is 0.496 e. The lowest BCUT2D eigenvalue weighted by Gasteiger charge is -2.49. The number of nitrogens with zero attached hydrogens (tertiary/aromatic N) is 1. The van der Waals surface area contributed by atoms with Gasteiger partial charge in [-0.3, -0.25) is 4.90 Å². The summed E-state index contributed by atoms with van der Waals surface area (Å²) in [5, 5.41) is 7.61. The lowest BCUT2D eigenvalue weighted by molar-refractivity contribution is 0.0206. The van der Waals surface area contributed by atoms with E-state index in [9.17, 15) is 0 Å². The number of rotatable bonds is 5. The molecule has 148 valence electrons. The highest BCUT2D eigenvalue weighted by molar-refractivity contribution is 7.80. The molecule has 2 bridgehead atoms. The Labute approximate surface area is 173 Å². The summed E-state index contributed by atoms with van der Waals surface area (Å²) in [5.41, 5.74) is 2.32. The van der Waals surface area contributed by atoms with Gasteiger partial charge in [-0.1, -0.05) is 42.8 Å². The third kappa shape index (κ3) is 4.47. The smallest absolute Gasteiger partial charge is 0.170 e. The molecule has 2 N–H and O–H groups in total. The topological polar surface area (TPSA) is 36.5 Å². The average Bonchev–Trinajstić information content (AvgIpc) is 2.69. The number of ether oxygens (including phenoxy) is 1.